The summed E-state index contributed by atoms with van der Waals surface area (Å²) < 4.78 is 48.7. The molecule has 14 heteroatoms. The Morgan fingerprint density at radius 1 is 1.07 bits per heavy atom. The van der Waals surface area contributed by atoms with E-state index in [0.29, 0.717) is 26.1 Å². The Hall–Kier alpha value is 0.375. The van der Waals surface area contributed by atoms with Crippen LogP contribution < -0.4 is 9.98 Å². The Bertz CT molecular complexity index is 515. The van der Waals surface area contributed by atoms with Crippen LogP contribution in [-0.4, -0.2) is 100 Å². The molecule has 4 radical (unpaired) electrons. The number of rotatable bonds is 8. The third-order valence-electron chi connectivity index (χ3n) is 3.86. The molecule has 0 bridgehead atoms. The first kappa shape index (κ1) is 26.4. The van der Waals surface area contributed by atoms with Gasteiger partial charge in [-0.25, -0.2) is 0 Å². The van der Waals surface area contributed by atoms with Crippen molar-refractivity contribution in [3.8, 4) is 0 Å². The molecule has 28 heavy (non-hydrogen) atoms. The monoisotopic (exact) mass is 435 g/mol. The number of hydrogen-bond donors (Lipinski definition) is 1. The summed E-state index contributed by atoms with van der Waals surface area (Å²) in [5, 5.41) is 2.50. The highest BCUT2D eigenvalue weighted by molar-refractivity contribution is 7.82. The number of nitrogens with one attached hydrogen (secondary N) is 1. The average Bonchev–Trinajstić information content (AvgIpc) is 3.00. The molecular weight excluding hydrogens is 405 g/mol. The van der Waals surface area contributed by atoms with E-state index in [9.17, 15) is 14.0 Å². The van der Waals surface area contributed by atoms with Crippen molar-refractivity contribution in [2.24, 2.45) is 0 Å². The largest absolute Gasteiger partial charge is 0.788 e. The molecule has 0 aromatic heterocycles. The van der Waals surface area contributed by atoms with E-state index in [1.165, 1.54) is 7.11 Å². The molecule has 0 spiro atoms. The second kappa shape index (κ2) is 11.7. The first-order valence-corrected chi connectivity index (χ1v) is 12.2. The van der Waals surface area contributed by atoms with Crippen LogP contribution in [0, 0.1) is 0 Å². The van der Waals surface area contributed by atoms with E-state index in [-0.39, 0.29) is 37.9 Å². The molecule has 0 aromatic carbocycles. The maximum atomic E-state index is 11.6. The van der Waals surface area contributed by atoms with Crippen molar-refractivity contribution in [3.63, 3.8) is 0 Å². The summed E-state index contributed by atoms with van der Waals surface area (Å²) in [4.78, 5) is 11.0. The van der Waals surface area contributed by atoms with E-state index in [2.05, 4.69) is 5.09 Å². The zero-order valence-electron chi connectivity index (χ0n) is 16.1. The van der Waals surface area contributed by atoms with Crippen LogP contribution in [0.4, 0.5) is 0 Å². The van der Waals surface area contributed by atoms with Gasteiger partial charge in [0, 0.05) is 39.5 Å². The van der Waals surface area contributed by atoms with E-state index >= 15 is 0 Å². The van der Waals surface area contributed by atoms with Gasteiger partial charge in [-0.2, -0.15) is 0 Å². The summed E-state index contributed by atoms with van der Waals surface area (Å²) >= 11 is 0. The van der Waals surface area contributed by atoms with E-state index < -0.39 is 20.8 Å². The molecule has 2 fully saturated rings. The average molecular weight is 435 g/mol. The lowest BCUT2D eigenvalue weighted by molar-refractivity contribution is -0.177. The van der Waals surface area contributed by atoms with Gasteiger partial charge in [0.05, 0.1) is 40.5 Å². The maximum absolute atomic E-state index is 11.6. The van der Waals surface area contributed by atoms with Gasteiger partial charge in [0.15, 0.2) is 0 Å². The van der Waals surface area contributed by atoms with Gasteiger partial charge in [-0.3, -0.25) is 5.09 Å². The smallest absolute Gasteiger partial charge is 0.109 e. The second-order valence-electron chi connectivity index (χ2n) is 6.47. The van der Waals surface area contributed by atoms with Gasteiger partial charge in [0.1, 0.15) is 21.8 Å². The fraction of sp³-hybridized carbons (Fsp3) is 1.00. The lowest BCUT2D eigenvalue weighted by atomic mass is 9.95. The van der Waals surface area contributed by atoms with E-state index in [0.717, 1.165) is 6.66 Å². The minimum absolute atomic E-state index is 0.154. The SMILES string of the molecule is [B][C@H]1CC(NP(C)(=O)[O-])[C@@H](COC)O1.[B][C@H]1CC(OP([BH3-])(C)=O)[C@@H](COC)O1. The van der Waals surface area contributed by atoms with Crippen LogP contribution in [0.2, 0.25) is 0 Å². The standard InChI is InChI=1S/C7H16B2O4P.C7H15BNO4P/c1-11-4-6-5(3-7(8)12-6)13-14(2,9)10;1-12-4-6-5(3-7(8)13-6)9-14(2,10)11/h5-7H,3-4H2,1-2,9H3;5-7H,3-4H2,1-2H3,(H2,9,10,11)/q-1;/p-1/t5?,6-,7-,14?;5?,6-,7-/m11/s1. The first-order valence-electron chi connectivity index (χ1n) is 8.49. The molecule has 2 aliphatic rings. The van der Waals surface area contributed by atoms with Gasteiger partial charge in [-0.1, -0.05) is 0 Å². The Kier molecular flexibility index (Phi) is 11.0. The predicted octanol–water partition coefficient (Wildman–Crippen LogP) is -1.45. The molecular formula is C14H30B3NO8P2-2. The summed E-state index contributed by atoms with van der Waals surface area (Å²) in [6, 6.07) is -1.01. The zero-order chi connectivity index (χ0) is 21.5. The highest BCUT2D eigenvalue weighted by Gasteiger charge is 2.35. The molecule has 0 aliphatic carbocycles. The van der Waals surface area contributed by atoms with Crippen LogP contribution in [0.1, 0.15) is 12.8 Å². The van der Waals surface area contributed by atoms with Crippen LogP contribution in [0.3, 0.4) is 0 Å². The Morgan fingerprint density at radius 3 is 2.07 bits per heavy atom. The fourth-order valence-corrected chi connectivity index (χ4v) is 4.37. The topological polar surface area (TPSA) is 115 Å². The van der Waals surface area contributed by atoms with Gasteiger partial charge in [-0.05, 0) is 26.2 Å². The number of hydrogen-bond acceptors (Lipinski definition) is 8. The van der Waals surface area contributed by atoms with Gasteiger partial charge >= 0.3 is 0 Å². The summed E-state index contributed by atoms with van der Waals surface area (Å²) in [6.45, 7) is 3.62. The minimum Gasteiger partial charge on any atom is -0.788 e. The summed E-state index contributed by atoms with van der Waals surface area (Å²) in [5.41, 5.74) is 0. The Labute approximate surface area is 171 Å². The van der Waals surface area contributed by atoms with Crippen molar-refractivity contribution in [3.05, 3.63) is 0 Å². The third kappa shape index (κ3) is 10.4. The van der Waals surface area contributed by atoms with Crippen molar-refractivity contribution in [2.45, 2.75) is 49.2 Å². The minimum atomic E-state index is -3.49. The van der Waals surface area contributed by atoms with Crippen LogP contribution in [-0.2, 0) is 32.6 Å². The Balaban J connectivity index is 0.000000280. The summed E-state index contributed by atoms with van der Waals surface area (Å²) in [7, 11) is 8.31. The van der Waals surface area contributed by atoms with Gasteiger partial charge in [-0.15, -0.1) is 0 Å². The Morgan fingerprint density at radius 2 is 1.57 bits per heavy atom. The lowest BCUT2D eigenvalue weighted by Gasteiger charge is -2.26. The quantitative estimate of drug-likeness (QED) is 0.362. The molecule has 4 unspecified atom stereocenters. The molecule has 0 amide bonds. The van der Waals surface area contributed by atoms with Gasteiger partial charge in [0.2, 0.25) is 0 Å². The molecule has 0 aromatic rings. The highest BCUT2D eigenvalue weighted by atomic mass is 31.2. The highest BCUT2D eigenvalue weighted by Crippen LogP contribution is 2.41. The predicted molar refractivity (Wildman–Crippen MR) is 111 cm³/mol. The molecule has 2 rings (SSSR count). The molecule has 160 valence electrons. The molecule has 8 atom stereocenters. The van der Waals surface area contributed by atoms with Crippen molar-refractivity contribution in [1.82, 2.24) is 5.09 Å². The maximum Gasteiger partial charge on any atom is 0.109 e. The number of ether oxygens (including phenoxy) is 4. The molecule has 1 N–H and O–H groups in total. The first-order chi connectivity index (χ1) is 12.8. The van der Waals surface area contributed by atoms with Crippen molar-refractivity contribution < 1.29 is 37.5 Å². The van der Waals surface area contributed by atoms with Crippen molar-refractivity contribution in [2.75, 3.05) is 40.8 Å². The molecule has 2 saturated heterocycles. The van der Waals surface area contributed by atoms with E-state index in [4.69, 9.17) is 39.2 Å². The van der Waals surface area contributed by atoms with Crippen LogP contribution in [0.25, 0.3) is 0 Å². The zero-order valence-corrected chi connectivity index (χ0v) is 17.9. The van der Waals surface area contributed by atoms with Crippen molar-refractivity contribution >= 4 is 38.0 Å². The van der Waals surface area contributed by atoms with Crippen molar-refractivity contribution in [1.29, 1.82) is 0 Å². The molecule has 2 heterocycles. The van der Waals surface area contributed by atoms with Crippen LogP contribution >= 0.6 is 14.8 Å². The van der Waals surface area contributed by atoms with E-state index in [1.54, 1.807) is 13.8 Å². The third-order valence-corrected chi connectivity index (χ3v) is 5.23. The lowest BCUT2D eigenvalue weighted by Crippen LogP contribution is -2.38. The van der Waals surface area contributed by atoms with Crippen LogP contribution in [0.5, 0.6) is 0 Å². The van der Waals surface area contributed by atoms with E-state index in [1.807, 2.05) is 0 Å². The second-order valence-corrected chi connectivity index (χ2v) is 9.51. The normalized spacial score (nSPS) is 36.9. The van der Waals surface area contributed by atoms with Crippen LogP contribution in [0.15, 0.2) is 0 Å². The summed E-state index contributed by atoms with van der Waals surface area (Å²) in [5.74, 6) is 0. The molecule has 9 nitrogen and oxygen atoms in total. The molecule has 2 aliphatic heterocycles. The molecule has 0 saturated carbocycles. The van der Waals surface area contributed by atoms with Gasteiger partial charge in [0.25, 0.3) is 0 Å². The number of methoxy groups -OCH3 is 2. The summed E-state index contributed by atoms with van der Waals surface area (Å²) in [6.07, 6.45) is 0.475. The van der Waals surface area contributed by atoms with Gasteiger partial charge < -0.3 is 37.5 Å². The fourth-order valence-electron chi connectivity index (χ4n) is 2.89.